The number of nitrogens with zero attached hydrogens (tertiary/aromatic N) is 2. The highest BCUT2D eigenvalue weighted by Crippen LogP contribution is 2.43. The average Bonchev–Trinajstić information content (AvgIpc) is 3.12. The summed E-state index contributed by atoms with van der Waals surface area (Å²) >= 11 is 0. The molecular weight excluding hydrogens is 210 g/mol. The second kappa shape index (κ2) is 5.25. The van der Waals surface area contributed by atoms with Crippen molar-refractivity contribution >= 4 is 0 Å². The number of piperidine rings is 1. The molecule has 0 aromatic carbocycles. The Kier molecular flexibility index (Phi) is 4.11. The number of hydrogen-bond donors (Lipinski definition) is 1. The molecule has 100 valence electrons. The topological polar surface area (TPSA) is 32.5 Å². The van der Waals surface area contributed by atoms with Crippen molar-refractivity contribution in [2.45, 2.75) is 38.1 Å². The Balaban J connectivity index is 1.85. The summed E-state index contributed by atoms with van der Waals surface area (Å²) in [6.45, 7) is 6.97. The van der Waals surface area contributed by atoms with Gasteiger partial charge in [0.25, 0.3) is 0 Å². The number of nitrogens with two attached hydrogens (primary N) is 1. The maximum atomic E-state index is 6.04. The van der Waals surface area contributed by atoms with Crippen LogP contribution in [0.15, 0.2) is 0 Å². The fourth-order valence-electron chi connectivity index (χ4n) is 3.40. The highest BCUT2D eigenvalue weighted by atomic mass is 15.2. The molecule has 2 N–H and O–H groups in total. The highest BCUT2D eigenvalue weighted by molar-refractivity contribution is 5.01. The van der Waals surface area contributed by atoms with E-state index in [-0.39, 0.29) is 0 Å². The molecule has 1 aliphatic heterocycles. The quantitative estimate of drug-likeness (QED) is 0.787. The van der Waals surface area contributed by atoms with E-state index in [9.17, 15) is 0 Å². The van der Waals surface area contributed by atoms with Gasteiger partial charge in [0.15, 0.2) is 0 Å². The summed E-state index contributed by atoms with van der Waals surface area (Å²) in [5, 5.41) is 0. The molecule has 0 aromatic heterocycles. The Morgan fingerprint density at radius 1 is 1.18 bits per heavy atom. The van der Waals surface area contributed by atoms with E-state index in [1.54, 1.807) is 0 Å². The Morgan fingerprint density at radius 2 is 1.76 bits per heavy atom. The predicted molar refractivity (Wildman–Crippen MR) is 73.0 cm³/mol. The lowest BCUT2D eigenvalue weighted by Gasteiger charge is -2.45. The molecule has 1 saturated heterocycles. The molecule has 1 atom stereocenters. The molecule has 0 bridgehead atoms. The van der Waals surface area contributed by atoms with E-state index in [1.165, 1.54) is 45.3 Å². The minimum atomic E-state index is 0.295. The van der Waals surface area contributed by atoms with Crippen LogP contribution in [0.3, 0.4) is 0 Å². The van der Waals surface area contributed by atoms with E-state index >= 15 is 0 Å². The largest absolute Gasteiger partial charge is 0.329 e. The molecule has 2 rings (SSSR count). The van der Waals surface area contributed by atoms with Crippen molar-refractivity contribution in [2.75, 3.05) is 40.3 Å². The van der Waals surface area contributed by atoms with Crippen LogP contribution in [-0.2, 0) is 0 Å². The standard InChI is InChI=1S/C14H29N3/c1-14(11-15,13-4-5-13)17-8-6-12(7-9-17)10-16(2)3/h12-13H,4-11,15H2,1-3H3. The lowest BCUT2D eigenvalue weighted by Crippen LogP contribution is -2.56. The first-order chi connectivity index (χ1) is 8.06. The normalized spacial score (nSPS) is 27.4. The third-order valence-corrected chi connectivity index (χ3v) is 4.83. The summed E-state index contributed by atoms with van der Waals surface area (Å²) in [7, 11) is 4.36. The maximum Gasteiger partial charge on any atom is 0.0331 e. The molecule has 1 heterocycles. The Labute approximate surface area is 106 Å². The Morgan fingerprint density at radius 3 is 2.18 bits per heavy atom. The van der Waals surface area contributed by atoms with Crippen molar-refractivity contribution < 1.29 is 0 Å². The summed E-state index contributed by atoms with van der Waals surface area (Å²) < 4.78 is 0. The lowest BCUT2D eigenvalue weighted by atomic mass is 9.88. The summed E-state index contributed by atoms with van der Waals surface area (Å²) in [6, 6.07) is 0. The smallest absolute Gasteiger partial charge is 0.0331 e. The van der Waals surface area contributed by atoms with E-state index in [2.05, 4.69) is 30.8 Å². The van der Waals surface area contributed by atoms with Crippen molar-refractivity contribution in [3.05, 3.63) is 0 Å². The molecule has 1 saturated carbocycles. The minimum absolute atomic E-state index is 0.295. The summed E-state index contributed by atoms with van der Waals surface area (Å²) in [6.07, 6.45) is 5.48. The number of likely N-dealkylation sites (tertiary alicyclic amines) is 1. The molecule has 3 heteroatoms. The van der Waals surface area contributed by atoms with Crippen LogP contribution >= 0.6 is 0 Å². The Hall–Kier alpha value is -0.120. The zero-order valence-electron chi connectivity index (χ0n) is 11.8. The average molecular weight is 239 g/mol. The van der Waals surface area contributed by atoms with Crippen LogP contribution in [0.2, 0.25) is 0 Å². The second-order valence-electron chi connectivity index (χ2n) is 6.53. The van der Waals surface area contributed by atoms with Crippen LogP contribution in [-0.4, -0.2) is 55.6 Å². The van der Waals surface area contributed by atoms with Gasteiger partial charge >= 0.3 is 0 Å². The van der Waals surface area contributed by atoms with Gasteiger partial charge in [-0.05, 0) is 71.6 Å². The molecule has 0 aromatic rings. The van der Waals surface area contributed by atoms with Gasteiger partial charge in [0, 0.05) is 18.6 Å². The molecular formula is C14H29N3. The van der Waals surface area contributed by atoms with Crippen molar-refractivity contribution in [2.24, 2.45) is 17.6 Å². The van der Waals surface area contributed by atoms with Gasteiger partial charge in [-0.25, -0.2) is 0 Å². The lowest BCUT2D eigenvalue weighted by molar-refractivity contribution is 0.0466. The fourth-order valence-corrected chi connectivity index (χ4v) is 3.40. The van der Waals surface area contributed by atoms with Crippen LogP contribution in [0.4, 0.5) is 0 Å². The van der Waals surface area contributed by atoms with Crippen molar-refractivity contribution in [3.8, 4) is 0 Å². The molecule has 2 aliphatic rings. The maximum absolute atomic E-state index is 6.04. The molecule has 1 aliphatic carbocycles. The zero-order chi connectivity index (χ0) is 12.5. The van der Waals surface area contributed by atoms with Gasteiger partial charge in [0.2, 0.25) is 0 Å². The van der Waals surface area contributed by atoms with Crippen LogP contribution < -0.4 is 5.73 Å². The van der Waals surface area contributed by atoms with Crippen molar-refractivity contribution in [3.63, 3.8) is 0 Å². The molecule has 0 radical (unpaired) electrons. The van der Waals surface area contributed by atoms with Gasteiger partial charge in [-0.15, -0.1) is 0 Å². The van der Waals surface area contributed by atoms with E-state index in [4.69, 9.17) is 5.73 Å². The molecule has 3 nitrogen and oxygen atoms in total. The fraction of sp³-hybridized carbons (Fsp3) is 1.00. The van der Waals surface area contributed by atoms with Gasteiger partial charge in [-0.1, -0.05) is 0 Å². The predicted octanol–water partition coefficient (Wildman–Crippen LogP) is 1.39. The van der Waals surface area contributed by atoms with Gasteiger partial charge in [0.1, 0.15) is 0 Å². The first kappa shape index (κ1) is 13.3. The third-order valence-electron chi connectivity index (χ3n) is 4.83. The third kappa shape index (κ3) is 3.01. The van der Waals surface area contributed by atoms with E-state index in [1.807, 2.05) is 0 Å². The van der Waals surface area contributed by atoms with E-state index in [0.717, 1.165) is 18.4 Å². The minimum Gasteiger partial charge on any atom is -0.329 e. The van der Waals surface area contributed by atoms with E-state index in [0.29, 0.717) is 5.54 Å². The number of hydrogen-bond acceptors (Lipinski definition) is 3. The first-order valence-corrected chi connectivity index (χ1v) is 7.16. The van der Waals surface area contributed by atoms with Crippen LogP contribution in [0.1, 0.15) is 32.6 Å². The zero-order valence-corrected chi connectivity index (χ0v) is 11.8. The summed E-state index contributed by atoms with van der Waals surface area (Å²) in [5.74, 6) is 1.76. The SMILES string of the molecule is CN(C)CC1CCN(C(C)(CN)C2CC2)CC1. The molecule has 0 spiro atoms. The molecule has 1 unspecified atom stereocenters. The molecule has 0 amide bonds. The molecule has 17 heavy (non-hydrogen) atoms. The number of rotatable bonds is 5. The van der Waals surface area contributed by atoms with Crippen LogP contribution in [0.25, 0.3) is 0 Å². The van der Waals surface area contributed by atoms with Crippen molar-refractivity contribution in [1.82, 2.24) is 9.80 Å². The summed E-state index contributed by atoms with van der Waals surface area (Å²) in [5.41, 5.74) is 6.34. The van der Waals surface area contributed by atoms with Crippen LogP contribution in [0, 0.1) is 11.8 Å². The van der Waals surface area contributed by atoms with Crippen LogP contribution in [0.5, 0.6) is 0 Å². The highest BCUT2D eigenvalue weighted by Gasteiger charge is 2.45. The van der Waals surface area contributed by atoms with Gasteiger partial charge in [-0.2, -0.15) is 0 Å². The molecule has 2 fully saturated rings. The van der Waals surface area contributed by atoms with Crippen molar-refractivity contribution in [1.29, 1.82) is 0 Å². The van der Waals surface area contributed by atoms with Gasteiger partial charge in [-0.3, -0.25) is 4.90 Å². The summed E-state index contributed by atoms with van der Waals surface area (Å²) in [4.78, 5) is 5.00. The second-order valence-corrected chi connectivity index (χ2v) is 6.53. The first-order valence-electron chi connectivity index (χ1n) is 7.16. The van der Waals surface area contributed by atoms with E-state index < -0.39 is 0 Å². The Bertz CT molecular complexity index is 242. The monoisotopic (exact) mass is 239 g/mol. The van der Waals surface area contributed by atoms with Gasteiger partial charge < -0.3 is 10.6 Å². The van der Waals surface area contributed by atoms with Gasteiger partial charge in [0.05, 0.1) is 0 Å².